The van der Waals surface area contributed by atoms with Crippen molar-refractivity contribution in [3.63, 3.8) is 0 Å². The Kier molecular flexibility index (Phi) is 4.65. The maximum atomic E-state index is 14.5. The molecule has 4 heterocycles. The lowest BCUT2D eigenvalue weighted by Gasteiger charge is -2.11. The first-order valence-corrected chi connectivity index (χ1v) is 9.65. The summed E-state index contributed by atoms with van der Waals surface area (Å²) in [6.45, 7) is 0. The molecule has 144 valence electrons. The van der Waals surface area contributed by atoms with E-state index in [1.165, 1.54) is 12.1 Å². The van der Waals surface area contributed by atoms with Crippen molar-refractivity contribution in [2.24, 2.45) is 0 Å². The van der Waals surface area contributed by atoms with Gasteiger partial charge in [-0.2, -0.15) is 0 Å². The van der Waals surface area contributed by atoms with Crippen molar-refractivity contribution in [2.75, 3.05) is 0 Å². The van der Waals surface area contributed by atoms with Crippen molar-refractivity contribution in [2.45, 2.75) is 0 Å². The Labute approximate surface area is 177 Å². The molecule has 0 unspecified atom stereocenters. The summed E-state index contributed by atoms with van der Waals surface area (Å²) < 4.78 is 14.5. The standard InChI is InChI=1S/C24H14ClFN4/c25-17-6-7-21(26)20(11-17)23-12-19(18-4-3-9-29-24(18)30-23)15-10-16(14-27-13-15)22-5-1-2-8-28-22/h1-14H. The van der Waals surface area contributed by atoms with Gasteiger partial charge in [0.2, 0.25) is 0 Å². The van der Waals surface area contributed by atoms with Crippen LogP contribution < -0.4 is 0 Å². The lowest BCUT2D eigenvalue weighted by atomic mass is 9.99. The number of hydrogen-bond acceptors (Lipinski definition) is 4. The molecule has 4 aromatic heterocycles. The average Bonchev–Trinajstić information content (AvgIpc) is 2.80. The van der Waals surface area contributed by atoms with Gasteiger partial charge in [-0.3, -0.25) is 9.97 Å². The summed E-state index contributed by atoms with van der Waals surface area (Å²) in [4.78, 5) is 17.8. The highest BCUT2D eigenvalue weighted by Gasteiger charge is 2.14. The predicted molar refractivity (Wildman–Crippen MR) is 116 cm³/mol. The number of rotatable bonds is 3. The molecule has 0 fully saturated rings. The molecule has 0 aliphatic heterocycles. The number of benzene rings is 1. The number of aromatic nitrogens is 4. The molecule has 0 bridgehead atoms. The first kappa shape index (κ1) is 18.3. The molecule has 0 aliphatic carbocycles. The fraction of sp³-hybridized carbons (Fsp3) is 0. The topological polar surface area (TPSA) is 51.6 Å². The van der Waals surface area contributed by atoms with Gasteiger partial charge in [-0.05, 0) is 60.2 Å². The first-order chi connectivity index (χ1) is 14.7. The summed E-state index contributed by atoms with van der Waals surface area (Å²) in [5, 5.41) is 1.29. The highest BCUT2D eigenvalue weighted by molar-refractivity contribution is 6.30. The van der Waals surface area contributed by atoms with Crippen molar-refractivity contribution in [1.29, 1.82) is 0 Å². The fourth-order valence-electron chi connectivity index (χ4n) is 3.39. The molecule has 5 rings (SSSR count). The Hall–Kier alpha value is -3.70. The van der Waals surface area contributed by atoms with E-state index in [4.69, 9.17) is 11.6 Å². The summed E-state index contributed by atoms with van der Waals surface area (Å²) in [6, 6.07) is 17.8. The molecule has 0 aliphatic rings. The van der Waals surface area contributed by atoms with Crippen LogP contribution in [-0.2, 0) is 0 Å². The highest BCUT2D eigenvalue weighted by atomic mass is 35.5. The van der Waals surface area contributed by atoms with E-state index in [1.807, 2.05) is 42.5 Å². The van der Waals surface area contributed by atoms with Crippen LogP contribution in [-0.4, -0.2) is 19.9 Å². The minimum atomic E-state index is -0.395. The molecule has 0 amide bonds. The molecule has 0 saturated heterocycles. The molecule has 5 aromatic rings. The summed E-state index contributed by atoms with van der Waals surface area (Å²) in [5.74, 6) is -0.395. The second-order valence-electron chi connectivity index (χ2n) is 6.73. The third-order valence-electron chi connectivity index (χ3n) is 4.80. The smallest absolute Gasteiger partial charge is 0.160 e. The maximum absolute atomic E-state index is 14.5. The summed E-state index contributed by atoms with van der Waals surface area (Å²) >= 11 is 6.10. The minimum absolute atomic E-state index is 0.324. The Bertz CT molecular complexity index is 1370. The first-order valence-electron chi connectivity index (χ1n) is 9.27. The van der Waals surface area contributed by atoms with E-state index in [-0.39, 0.29) is 0 Å². The maximum Gasteiger partial charge on any atom is 0.160 e. The molecule has 4 nitrogen and oxygen atoms in total. The molecule has 0 spiro atoms. The van der Waals surface area contributed by atoms with Crippen LogP contribution in [0.1, 0.15) is 0 Å². The zero-order chi connectivity index (χ0) is 20.5. The van der Waals surface area contributed by atoms with Crippen LogP contribution in [0.2, 0.25) is 5.02 Å². The quantitative estimate of drug-likeness (QED) is 0.353. The number of fused-ring (bicyclic) bond motifs is 1. The normalized spacial score (nSPS) is 11.0. The minimum Gasteiger partial charge on any atom is -0.263 e. The van der Waals surface area contributed by atoms with E-state index in [0.717, 1.165) is 27.8 Å². The second-order valence-corrected chi connectivity index (χ2v) is 7.17. The largest absolute Gasteiger partial charge is 0.263 e. The van der Waals surface area contributed by atoms with Crippen LogP contribution in [0.15, 0.2) is 85.5 Å². The van der Waals surface area contributed by atoms with E-state index in [0.29, 0.717) is 21.9 Å². The van der Waals surface area contributed by atoms with E-state index in [2.05, 4.69) is 19.9 Å². The fourth-order valence-corrected chi connectivity index (χ4v) is 3.56. The van der Waals surface area contributed by atoms with Gasteiger partial charge < -0.3 is 0 Å². The van der Waals surface area contributed by atoms with Crippen LogP contribution in [0.25, 0.3) is 44.7 Å². The van der Waals surface area contributed by atoms with Crippen LogP contribution in [0.3, 0.4) is 0 Å². The number of pyridine rings is 4. The summed E-state index contributed by atoms with van der Waals surface area (Å²) in [6.07, 6.45) is 6.95. The molecule has 0 atom stereocenters. The van der Waals surface area contributed by atoms with Gasteiger partial charge >= 0.3 is 0 Å². The van der Waals surface area contributed by atoms with Crippen molar-refractivity contribution in [3.8, 4) is 33.6 Å². The average molecular weight is 413 g/mol. The van der Waals surface area contributed by atoms with Gasteiger partial charge in [0.15, 0.2) is 5.65 Å². The molecule has 0 saturated carbocycles. The third-order valence-corrected chi connectivity index (χ3v) is 5.03. The van der Waals surface area contributed by atoms with Crippen LogP contribution in [0, 0.1) is 5.82 Å². The van der Waals surface area contributed by atoms with Gasteiger partial charge in [-0.15, -0.1) is 0 Å². The van der Waals surface area contributed by atoms with Gasteiger partial charge in [0, 0.05) is 51.9 Å². The molecule has 30 heavy (non-hydrogen) atoms. The van der Waals surface area contributed by atoms with Crippen LogP contribution in [0.4, 0.5) is 4.39 Å². The van der Waals surface area contributed by atoms with Crippen molar-refractivity contribution < 1.29 is 4.39 Å². The Morgan fingerprint density at radius 1 is 0.733 bits per heavy atom. The molecular formula is C24H14ClFN4. The van der Waals surface area contributed by atoms with Crippen LogP contribution in [0.5, 0.6) is 0 Å². The summed E-state index contributed by atoms with van der Waals surface area (Å²) in [7, 11) is 0. The Morgan fingerprint density at radius 2 is 1.60 bits per heavy atom. The lowest BCUT2D eigenvalue weighted by Crippen LogP contribution is -1.94. The number of halogens is 2. The van der Waals surface area contributed by atoms with Gasteiger partial charge in [0.05, 0.1) is 11.4 Å². The highest BCUT2D eigenvalue weighted by Crippen LogP contribution is 2.34. The van der Waals surface area contributed by atoms with Crippen molar-refractivity contribution in [1.82, 2.24) is 19.9 Å². The van der Waals surface area contributed by atoms with E-state index in [9.17, 15) is 4.39 Å². The van der Waals surface area contributed by atoms with Gasteiger partial charge in [0.1, 0.15) is 5.82 Å². The molecule has 0 radical (unpaired) electrons. The SMILES string of the molecule is Fc1ccc(Cl)cc1-c1cc(-c2cncc(-c3ccccn3)c2)c2cccnc2n1. The molecule has 6 heteroatoms. The van der Waals surface area contributed by atoms with Gasteiger partial charge in [-0.25, -0.2) is 14.4 Å². The monoisotopic (exact) mass is 412 g/mol. The molecular weight excluding hydrogens is 399 g/mol. The Balaban J connectivity index is 1.74. The molecule has 1 aromatic carbocycles. The van der Waals surface area contributed by atoms with Gasteiger partial charge in [0.25, 0.3) is 0 Å². The van der Waals surface area contributed by atoms with E-state index >= 15 is 0 Å². The van der Waals surface area contributed by atoms with Crippen molar-refractivity contribution in [3.05, 3.63) is 96.3 Å². The zero-order valence-corrected chi connectivity index (χ0v) is 16.4. The molecule has 0 N–H and O–H groups in total. The van der Waals surface area contributed by atoms with Crippen molar-refractivity contribution >= 4 is 22.6 Å². The number of hydrogen-bond donors (Lipinski definition) is 0. The summed E-state index contributed by atoms with van der Waals surface area (Å²) in [5.41, 5.74) is 4.73. The number of nitrogens with zero attached hydrogens (tertiary/aromatic N) is 4. The zero-order valence-electron chi connectivity index (χ0n) is 15.6. The third kappa shape index (κ3) is 3.40. The van der Waals surface area contributed by atoms with E-state index < -0.39 is 5.82 Å². The second kappa shape index (κ2) is 7.61. The van der Waals surface area contributed by atoms with Crippen LogP contribution >= 0.6 is 11.6 Å². The Morgan fingerprint density at radius 3 is 2.47 bits per heavy atom. The lowest BCUT2D eigenvalue weighted by molar-refractivity contribution is 0.631. The van der Waals surface area contributed by atoms with Gasteiger partial charge in [-0.1, -0.05) is 17.7 Å². The predicted octanol–water partition coefficient (Wildman–Crippen LogP) is 6.21. The van der Waals surface area contributed by atoms with E-state index in [1.54, 1.807) is 30.9 Å².